The highest BCUT2D eigenvalue weighted by Crippen LogP contribution is 2.38. The van der Waals surface area contributed by atoms with E-state index in [-0.39, 0.29) is 15.6 Å². The summed E-state index contributed by atoms with van der Waals surface area (Å²) in [7, 11) is -2.67. The van der Waals surface area contributed by atoms with Gasteiger partial charge < -0.3 is 10.1 Å². The van der Waals surface area contributed by atoms with Gasteiger partial charge >= 0.3 is 0 Å². The van der Waals surface area contributed by atoms with Gasteiger partial charge in [-0.05, 0) is 60.7 Å². The van der Waals surface area contributed by atoms with Crippen molar-refractivity contribution in [1.82, 2.24) is 9.97 Å². The van der Waals surface area contributed by atoms with Gasteiger partial charge in [-0.3, -0.25) is 4.72 Å². The standard InChI is InChI=1S/C29H30ClFN4O3S/c1-3-18-13-19(14-20-17-32-29(34-28(18)20)33-21-9-5-4-6-10-21)22-15-24(31)25(16-26(22)38-2)35-39(36,37)27-12-8-7-11-23(27)30/h7-8,11-17,21,35H,3-6,9-10H2,1-2H3,(H,32,33,34). The number of halogens is 2. The fourth-order valence-corrected chi connectivity index (χ4v) is 6.61. The van der Waals surface area contributed by atoms with Crippen molar-refractivity contribution in [1.29, 1.82) is 0 Å². The van der Waals surface area contributed by atoms with E-state index < -0.39 is 15.8 Å². The Labute approximate surface area is 232 Å². The van der Waals surface area contributed by atoms with Crippen LogP contribution in [0, 0.1) is 5.82 Å². The normalized spacial score (nSPS) is 14.4. The Morgan fingerprint density at radius 2 is 1.87 bits per heavy atom. The third-order valence-electron chi connectivity index (χ3n) is 7.05. The lowest BCUT2D eigenvalue weighted by Gasteiger charge is -2.23. The van der Waals surface area contributed by atoms with Gasteiger partial charge in [0.1, 0.15) is 16.5 Å². The first-order valence-electron chi connectivity index (χ1n) is 13.0. The molecule has 204 valence electrons. The maximum Gasteiger partial charge on any atom is 0.263 e. The van der Waals surface area contributed by atoms with Crippen molar-refractivity contribution in [2.24, 2.45) is 0 Å². The second kappa shape index (κ2) is 11.4. The first kappa shape index (κ1) is 27.1. The highest BCUT2D eigenvalue weighted by molar-refractivity contribution is 7.92. The minimum Gasteiger partial charge on any atom is -0.496 e. The van der Waals surface area contributed by atoms with Crippen molar-refractivity contribution in [3.8, 4) is 16.9 Å². The molecule has 0 amide bonds. The highest BCUT2D eigenvalue weighted by atomic mass is 35.5. The first-order chi connectivity index (χ1) is 18.8. The third kappa shape index (κ3) is 5.79. The molecule has 10 heteroatoms. The summed E-state index contributed by atoms with van der Waals surface area (Å²) in [6.07, 6.45) is 8.45. The molecule has 39 heavy (non-hydrogen) atoms. The molecule has 1 heterocycles. The van der Waals surface area contributed by atoms with Crippen LogP contribution in [0.15, 0.2) is 59.6 Å². The molecule has 1 fully saturated rings. The van der Waals surface area contributed by atoms with Crippen LogP contribution < -0.4 is 14.8 Å². The van der Waals surface area contributed by atoms with Gasteiger partial charge in [-0.25, -0.2) is 22.8 Å². The van der Waals surface area contributed by atoms with Crippen molar-refractivity contribution in [3.05, 3.63) is 71.1 Å². The number of hydrogen-bond acceptors (Lipinski definition) is 6. The van der Waals surface area contributed by atoms with E-state index in [9.17, 15) is 8.42 Å². The fourth-order valence-electron chi connectivity index (χ4n) is 5.03. The predicted octanol–water partition coefficient (Wildman–Crippen LogP) is 7.21. The Hall–Kier alpha value is -3.43. The Morgan fingerprint density at radius 3 is 2.59 bits per heavy atom. The van der Waals surface area contributed by atoms with Gasteiger partial charge in [-0.1, -0.05) is 49.9 Å². The van der Waals surface area contributed by atoms with Gasteiger partial charge in [0.15, 0.2) is 0 Å². The van der Waals surface area contributed by atoms with Crippen LogP contribution in [0.25, 0.3) is 22.0 Å². The van der Waals surface area contributed by atoms with E-state index >= 15 is 4.39 Å². The molecule has 1 aromatic heterocycles. The maximum absolute atomic E-state index is 15.3. The van der Waals surface area contributed by atoms with Gasteiger partial charge in [0.25, 0.3) is 10.0 Å². The fraction of sp³-hybridized carbons (Fsp3) is 0.310. The summed E-state index contributed by atoms with van der Waals surface area (Å²) in [4.78, 5) is 9.21. The van der Waals surface area contributed by atoms with Crippen LogP contribution in [0.2, 0.25) is 5.02 Å². The molecule has 0 aliphatic heterocycles. The first-order valence-corrected chi connectivity index (χ1v) is 14.9. The quantitative estimate of drug-likeness (QED) is 0.233. The minimum atomic E-state index is -4.12. The zero-order chi connectivity index (χ0) is 27.6. The van der Waals surface area contributed by atoms with E-state index in [0.717, 1.165) is 29.3 Å². The lowest BCUT2D eigenvalue weighted by atomic mass is 9.96. The Morgan fingerprint density at radius 1 is 1.10 bits per heavy atom. The topological polar surface area (TPSA) is 93.2 Å². The minimum absolute atomic E-state index is 0.0385. The summed E-state index contributed by atoms with van der Waals surface area (Å²) in [5, 5.41) is 4.34. The van der Waals surface area contributed by atoms with E-state index in [0.29, 0.717) is 35.3 Å². The van der Waals surface area contributed by atoms with Gasteiger partial charge in [-0.15, -0.1) is 0 Å². The van der Waals surface area contributed by atoms with E-state index in [2.05, 4.69) is 15.0 Å². The van der Waals surface area contributed by atoms with Crippen LogP contribution in [-0.4, -0.2) is 31.5 Å². The molecule has 0 bridgehead atoms. The summed E-state index contributed by atoms with van der Waals surface area (Å²) in [6, 6.07) is 12.8. The summed E-state index contributed by atoms with van der Waals surface area (Å²) >= 11 is 6.06. The monoisotopic (exact) mass is 568 g/mol. The van der Waals surface area contributed by atoms with Crippen LogP contribution in [-0.2, 0) is 16.4 Å². The number of rotatable bonds is 8. The van der Waals surface area contributed by atoms with Crippen LogP contribution in [0.3, 0.4) is 0 Å². The molecule has 5 rings (SSSR count). The Kier molecular flexibility index (Phi) is 7.91. The largest absolute Gasteiger partial charge is 0.496 e. The highest BCUT2D eigenvalue weighted by Gasteiger charge is 2.22. The molecule has 1 saturated carbocycles. The van der Waals surface area contributed by atoms with Crippen molar-refractivity contribution in [2.75, 3.05) is 17.1 Å². The molecule has 0 spiro atoms. The van der Waals surface area contributed by atoms with Crippen LogP contribution in [0.1, 0.15) is 44.6 Å². The lowest BCUT2D eigenvalue weighted by Crippen LogP contribution is -2.23. The summed E-state index contributed by atoms with van der Waals surface area (Å²) < 4.78 is 49.0. The number of nitrogens with zero attached hydrogens (tertiary/aromatic N) is 2. The second-order valence-corrected chi connectivity index (χ2v) is 11.7. The van der Waals surface area contributed by atoms with Crippen molar-refractivity contribution >= 4 is 44.2 Å². The van der Waals surface area contributed by atoms with E-state index in [1.54, 1.807) is 18.3 Å². The van der Waals surface area contributed by atoms with Crippen LogP contribution in [0.5, 0.6) is 5.75 Å². The molecule has 0 atom stereocenters. The number of fused-ring (bicyclic) bond motifs is 1. The number of hydrogen-bond donors (Lipinski definition) is 2. The number of aromatic nitrogens is 2. The predicted molar refractivity (Wildman–Crippen MR) is 154 cm³/mol. The average Bonchev–Trinajstić information content (AvgIpc) is 2.94. The van der Waals surface area contributed by atoms with Crippen molar-refractivity contribution in [2.45, 2.75) is 56.4 Å². The van der Waals surface area contributed by atoms with Crippen molar-refractivity contribution in [3.63, 3.8) is 0 Å². The summed E-state index contributed by atoms with van der Waals surface area (Å²) in [5.41, 5.74) is 2.79. The average molecular weight is 569 g/mol. The van der Waals surface area contributed by atoms with Crippen LogP contribution in [0.4, 0.5) is 16.0 Å². The van der Waals surface area contributed by atoms with E-state index in [4.69, 9.17) is 21.3 Å². The van der Waals surface area contributed by atoms with E-state index in [1.807, 2.05) is 19.1 Å². The number of aryl methyl sites for hydroxylation is 1. The second-order valence-electron chi connectivity index (χ2n) is 9.67. The van der Waals surface area contributed by atoms with E-state index in [1.165, 1.54) is 50.6 Å². The lowest BCUT2D eigenvalue weighted by molar-refractivity contribution is 0.416. The number of nitrogens with one attached hydrogen (secondary N) is 2. The molecule has 7 nitrogen and oxygen atoms in total. The summed E-state index contributed by atoms with van der Waals surface area (Å²) in [6.45, 7) is 2.04. The van der Waals surface area contributed by atoms with Gasteiger partial charge in [0, 0.05) is 29.3 Å². The molecule has 1 aliphatic carbocycles. The molecule has 0 radical (unpaired) electrons. The number of ether oxygens (including phenoxy) is 1. The number of sulfonamides is 1. The molecular formula is C29H30ClFN4O3S. The Balaban J connectivity index is 1.49. The maximum atomic E-state index is 15.3. The van der Waals surface area contributed by atoms with Crippen LogP contribution >= 0.6 is 11.6 Å². The zero-order valence-electron chi connectivity index (χ0n) is 21.8. The summed E-state index contributed by atoms with van der Waals surface area (Å²) in [5.74, 6) is 0.185. The third-order valence-corrected chi connectivity index (χ3v) is 8.92. The smallest absolute Gasteiger partial charge is 0.263 e. The molecule has 0 unspecified atom stereocenters. The Bertz CT molecular complexity index is 1620. The number of anilines is 2. The zero-order valence-corrected chi connectivity index (χ0v) is 23.4. The van der Waals surface area contributed by atoms with Gasteiger partial charge in [0.2, 0.25) is 5.95 Å². The number of benzene rings is 3. The molecule has 1 aliphatic rings. The molecular weight excluding hydrogens is 539 g/mol. The van der Waals surface area contributed by atoms with Crippen molar-refractivity contribution < 1.29 is 17.5 Å². The van der Waals surface area contributed by atoms with Gasteiger partial charge in [0.05, 0.1) is 23.3 Å². The molecule has 0 saturated heterocycles. The SMILES string of the molecule is CCc1cc(-c2cc(F)c(NS(=O)(=O)c3ccccc3Cl)cc2OC)cc2cnc(NC3CCCCC3)nc12. The van der Waals surface area contributed by atoms with Gasteiger partial charge in [-0.2, -0.15) is 0 Å². The molecule has 4 aromatic rings. The molecule has 3 aromatic carbocycles. The molecule has 2 N–H and O–H groups in total. The number of methoxy groups -OCH3 is 1.